The van der Waals surface area contributed by atoms with Gasteiger partial charge in [0, 0.05) is 108 Å². The van der Waals surface area contributed by atoms with Crippen LogP contribution in [0, 0.1) is 23.7 Å². The second-order valence-corrected chi connectivity index (χ2v) is 29.4. The van der Waals surface area contributed by atoms with Crippen molar-refractivity contribution >= 4 is 145 Å². The normalized spacial score (nSPS) is 17.9. The lowest BCUT2D eigenvalue weighted by atomic mass is 10.0. The quantitative estimate of drug-likeness (QED) is 0.0250. The predicted molar refractivity (Wildman–Crippen MR) is 308 cm³/mol. The van der Waals surface area contributed by atoms with Crippen LogP contribution in [-0.2, 0) is 47.9 Å². The molecule has 2 aliphatic rings. The van der Waals surface area contributed by atoms with E-state index in [1.54, 1.807) is 43.2 Å². The van der Waals surface area contributed by atoms with Gasteiger partial charge in [-0.15, -0.1) is 0 Å². The largest absolute Gasteiger partial charge is 0.480 e. The van der Waals surface area contributed by atoms with Gasteiger partial charge in [-0.25, -0.2) is 19.2 Å². The molecule has 0 bridgehead atoms. The first-order valence-corrected chi connectivity index (χ1v) is 34.8. The van der Waals surface area contributed by atoms with E-state index in [-0.39, 0.29) is 63.8 Å². The summed E-state index contributed by atoms with van der Waals surface area (Å²) in [5.74, 6) is -1.85. The van der Waals surface area contributed by atoms with Crippen LogP contribution >= 0.6 is 86.4 Å². The Balaban J connectivity index is 0.000000760. The van der Waals surface area contributed by atoms with E-state index in [0.29, 0.717) is 61.3 Å². The number of hydrogen-bond donors (Lipinski definition) is 6. The summed E-state index contributed by atoms with van der Waals surface area (Å²) in [7, 11) is 12.5. The van der Waals surface area contributed by atoms with Crippen molar-refractivity contribution < 1.29 is 68.4 Å². The zero-order valence-electron chi connectivity index (χ0n) is 43.9. The number of Topliss-reactive ketones (excluding diaryl/α,β-unsaturated/α-hetero) is 2. The summed E-state index contributed by atoms with van der Waals surface area (Å²) in [5, 5.41) is 42.5. The van der Waals surface area contributed by atoms with Gasteiger partial charge in [-0.3, -0.25) is 28.8 Å². The number of nitrogens with zero attached hydrogens (tertiary/aromatic N) is 2. The number of carbonyl (C=O) groups is 10. The Bertz CT molecular complexity index is 1820. The molecule has 2 heterocycles. The number of unbranched alkanes of at least 4 members (excludes halogenated alkanes) is 2. The molecular weight excluding hydrogens is 1110 g/mol. The first-order valence-electron chi connectivity index (χ1n) is 25.0. The Morgan fingerprint density at radius 1 is 0.486 bits per heavy atom. The van der Waals surface area contributed by atoms with Crippen molar-refractivity contribution in [3.8, 4) is 0 Å². The van der Waals surface area contributed by atoms with E-state index in [2.05, 4.69) is 10.6 Å². The topological polar surface area (TPSA) is 282 Å². The molecule has 0 spiro atoms. The van der Waals surface area contributed by atoms with Gasteiger partial charge in [0.25, 0.3) is 0 Å². The van der Waals surface area contributed by atoms with Crippen LogP contribution in [-0.4, -0.2) is 172 Å². The Hall–Kier alpha value is -2.10. The minimum absolute atomic E-state index is 0.0187. The standard InChI is InChI=1S/C28H46N2O7S4.C20H34N2O7S4/c1-18(2)24(31)12-6-5-9-21(41-40-16-20(4)26(33)30-14-8-11-23(30)28(36)37)17-39-38-15-19(3)25(32)29-13-7-10-22(29)27(34)35;1-12(2)18(25)8-6-5-7-15(33-32-11-17(20(28)29)22-14(4)24)9-30-31-10-16(19(26)27)21-13(3)23/h18-23H,5-17H2,1-4H3,(H,34,35)(H,36,37);12,15-17H,5-11H2,1-4H3,(H,21,23)(H,22,24)(H,26,27)(H,28,29). The Morgan fingerprint density at radius 3 is 1.18 bits per heavy atom. The summed E-state index contributed by atoms with van der Waals surface area (Å²) >= 11 is 0. The molecule has 4 amide bonds. The number of ketones is 2. The summed E-state index contributed by atoms with van der Waals surface area (Å²) < 4.78 is 0. The van der Waals surface area contributed by atoms with E-state index in [1.807, 2.05) is 41.5 Å². The maximum Gasteiger partial charge on any atom is 0.327 e. The van der Waals surface area contributed by atoms with Gasteiger partial charge >= 0.3 is 23.9 Å². The lowest BCUT2D eigenvalue weighted by Crippen LogP contribution is -2.43. The van der Waals surface area contributed by atoms with Gasteiger partial charge in [0.2, 0.25) is 23.6 Å². The minimum Gasteiger partial charge on any atom is -0.480 e. The second kappa shape index (κ2) is 39.3. The number of aliphatic carboxylic acids is 4. The van der Waals surface area contributed by atoms with E-state index in [9.17, 15) is 68.4 Å². The van der Waals surface area contributed by atoms with Crippen LogP contribution in [0.25, 0.3) is 0 Å². The van der Waals surface area contributed by atoms with Crippen LogP contribution in [0.4, 0.5) is 0 Å². The van der Waals surface area contributed by atoms with Crippen molar-refractivity contribution in [2.24, 2.45) is 23.7 Å². The van der Waals surface area contributed by atoms with Crippen molar-refractivity contribution in [1.82, 2.24) is 20.4 Å². The van der Waals surface area contributed by atoms with Crippen LogP contribution in [0.2, 0.25) is 0 Å². The summed E-state index contributed by atoms with van der Waals surface area (Å²) in [6.07, 6.45) is 8.75. The number of amides is 4. The van der Waals surface area contributed by atoms with Crippen molar-refractivity contribution in [3.63, 3.8) is 0 Å². The molecule has 74 heavy (non-hydrogen) atoms. The van der Waals surface area contributed by atoms with E-state index in [4.69, 9.17) is 0 Å². The average Bonchev–Trinajstić information content (AvgIpc) is 4.04. The van der Waals surface area contributed by atoms with E-state index < -0.39 is 59.9 Å². The molecule has 0 aromatic heterocycles. The Kier molecular flexibility index (Phi) is 37.1. The Labute approximate surface area is 469 Å². The third-order valence-electron chi connectivity index (χ3n) is 11.7. The maximum absolute atomic E-state index is 12.9. The van der Waals surface area contributed by atoms with Crippen LogP contribution in [0.3, 0.4) is 0 Å². The molecule has 8 unspecified atom stereocenters. The van der Waals surface area contributed by atoms with Crippen molar-refractivity contribution in [2.75, 3.05) is 47.6 Å². The molecule has 0 saturated carbocycles. The highest BCUT2D eigenvalue weighted by Crippen LogP contribution is 2.38. The molecule has 8 atom stereocenters. The maximum atomic E-state index is 12.9. The van der Waals surface area contributed by atoms with E-state index in [0.717, 1.165) is 57.1 Å². The van der Waals surface area contributed by atoms with Gasteiger partial charge in [0.15, 0.2) is 0 Å². The Morgan fingerprint density at radius 2 is 0.824 bits per heavy atom. The van der Waals surface area contributed by atoms with Crippen LogP contribution in [0.5, 0.6) is 0 Å². The van der Waals surface area contributed by atoms with Crippen LogP contribution in [0.1, 0.15) is 132 Å². The van der Waals surface area contributed by atoms with E-state index in [1.165, 1.54) is 66.8 Å². The van der Waals surface area contributed by atoms with Crippen molar-refractivity contribution in [1.29, 1.82) is 0 Å². The highest BCUT2D eigenvalue weighted by Gasteiger charge is 2.37. The number of hydrogen-bond acceptors (Lipinski definition) is 18. The molecule has 2 aliphatic heterocycles. The smallest absolute Gasteiger partial charge is 0.327 e. The summed E-state index contributed by atoms with van der Waals surface area (Å²) in [5.41, 5.74) is 0. The SMILES string of the molecule is CC(=O)NC(CSSCC(CCCCC(=O)C(C)C)SSCC(NC(C)=O)C(=O)O)C(=O)O.CC(C)C(=O)CCCCC(CSSCC(C)C(=O)N1CCCC1C(=O)O)SSCC(C)C(=O)N1CCCC1C(=O)O. The molecular formula is C48H80N4O14S8. The summed E-state index contributed by atoms with van der Waals surface area (Å²) in [6, 6.07) is -3.36. The molecule has 0 radical (unpaired) electrons. The van der Waals surface area contributed by atoms with Gasteiger partial charge in [-0.2, -0.15) is 0 Å². The number of carboxylic acid groups (broad SMARTS) is 4. The summed E-state index contributed by atoms with van der Waals surface area (Å²) in [4.78, 5) is 120. The third-order valence-corrected chi connectivity index (χ3v) is 23.3. The van der Waals surface area contributed by atoms with Crippen molar-refractivity contribution in [3.05, 3.63) is 0 Å². The fourth-order valence-corrected chi connectivity index (χ4v) is 19.6. The lowest BCUT2D eigenvalue weighted by Gasteiger charge is -2.25. The first-order chi connectivity index (χ1) is 34.9. The van der Waals surface area contributed by atoms with Gasteiger partial charge in [0.1, 0.15) is 35.7 Å². The molecule has 0 aliphatic carbocycles. The molecule has 424 valence electrons. The molecule has 26 heteroatoms. The zero-order valence-corrected chi connectivity index (χ0v) is 50.5. The fraction of sp³-hybridized carbons (Fsp3) is 0.792. The van der Waals surface area contributed by atoms with Crippen molar-refractivity contribution in [2.45, 2.75) is 167 Å². The highest BCUT2D eigenvalue weighted by molar-refractivity contribution is 8.79. The third kappa shape index (κ3) is 29.6. The molecule has 0 aromatic rings. The lowest BCUT2D eigenvalue weighted by molar-refractivity contribution is -0.149. The molecule has 18 nitrogen and oxygen atoms in total. The number of carbonyl (C=O) groups excluding carboxylic acids is 6. The molecule has 2 rings (SSSR count). The fourth-order valence-electron chi connectivity index (χ4n) is 7.32. The number of carboxylic acids is 4. The minimum atomic E-state index is -1.09. The first kappa shape index (κ1) is 69.9. The molecule has 0 aromatic carbocycles. The second-order valence-electron chi connectivity index (χ2n) is 18.9. The van der Waals surface area contributed by atoms with Gasteiger partial charge < -0.3 is 40.9 Å². The number of rotatable bonds is 38. The average molecular weight is 1190 g/mol. The van der Waals surface area contributed by atoms with Gasteiger partial charge in [-0.05, 0) is 51.4 Å². The molecule has 2 fully saturated rings. The van der Waals surface area contributed by atoms with Gasteiger partial charge in [0.05, 0.1) is 0 Å². The number of nitrogens with one attached hydrogen (secondary N) is 2. The van der Waals surface area contributed by atoms with E-state index >= 15 is 0 Å². The molecule has 2 saturated heterocycles. The van der Waals surface area contributed by atoms with Crippen LogP contribution in [0.15, 0.2) is 0 Å². The monoisotopic (exact) mass is 1190 g/mol. The molecule has 6 N–H and O–H groups in total. The highest BCUT2D eigenvalue weighted by atomic mass is 33.1. The summed E-state index contributed by atoms with van der Waals surface area (Å²) in [6.45, 7) is 14.9. The zero-order chi connectivity index (χ0) is 55.9. The number of likely N-dealkylation sites (tertiary alicyclic amines) is 2. The van der Waals surface area contributed by atoms with Gasteiger partial charge in [-0.1, -0.05) is 141 Å². The van der Waals surface area contributed by atoms with Crippen LogP contribution < -0.4 is 10.6 Å². The predicted octanol–water partition coefficient (Wildman–Crippen LogP) is 8.41.